The number of anilines is 3. The third-order valence-corrected chi connectivity index (χ3v) is 39.4. The number of nitrogens with zero attached hydrogens (tertiary/aromatic N) is 6. The first-order chi connectivity index (χ1) is 58.3. The second-order valence-electron chi connectivity index (χ2n) is 36.4. The standard InChI is InChI=1S/C34H44FIN2O5Si.C32H40FIN2O5Si.C29H35FN2O5Si/c1-8-17-42-33(40)38-28-21-30(41-18-11-9-10-16-36)23(2)19-27(28)31(39)37-22-25(24-12-14-26(35)15-13-24)20-29(37)32(38)43-44(6,7)34(3,4)5;1-8-15-40-31(38)36-26-19-28(39-16-9-14-34)21(2)17-25(26)29(37)35-20-23(22-10-12-24(33)13-11-22)18-27(35)30(36)41-42(6,7)32(3,4)5;1-8-13-36-28(35)32-23-16-25(33)18(2)14-22(23)26(34)31-17-20(19-9-11-21(30)12-10-19)15-24(31)27(32)37-38(6,7)29(3,4)5/h8,12-15,19,21-22,29,32H,1,9-11,16-18,20H2,2-7H3;8,10-13,17,19-20,27,30H,1,9,14-16,18H2,2-7H3;8-12,14,16-17,24,27,33H,1,13,15H2,2-7H3/t29-,32-;27-,30-;24-,27-/m000/s1. The molecule has 0 unspecified atom stereocenters. The summed E-state index contributed by atoms with van der Waals surface area (Å²) in [5.74, 6) is -0.676. The Morgan fingerprint density at radius 1 is 0.435 bits per heavy atom. The summed E-state index contributed by atoms with van der Waals surface area (Å²) in [6, 6.07) is 27.0. The van der Waals surface area contributed by atoms with E-state index in [1.165, 1.54) is 75.4 Å². The zero-order valence-corrected chi connectivity index (χ0v) is 81.9. The van der Waals surface area contributed by atoms with Crippen molar-refractivity contribution in [3.63, 3.8) is 0 Å². The Morgan fingerprint density at radius 2 is 0.718 bits per heavy atom. The van der Waals surface area contributed by atoms with Crippen LogP contribution in [-0.4, -0.2) is 159 Å². The van der Waals surface area contributed by atoms with E-state index < -0.39 is 80.0 Å². The van der Waals surface area contributed by atoms with E-state index in [1.54, 1.807) is 94.6 Å². The van der Waals surface area contributed by atoms with E-state index in [1.807, 2.05) is 26.2 Å². The van der Waals surface area contributed by atoms with E-state index in [-0.39, 0.29) is 87.1 Å². The van der Waals surface area contributed by atoms with Gasteiger partial charge in [-0.3, -0.25) is 14.4 Å². The largest absolute Gasteiger partial charge is 0.508 e. The monoisotopic (exact) mass is 1980 g/mol. The molecular weight excluding hydrogens is 1860 g/mol. The Balaban J connectivity index is 0.000000195. The second kappa shape index (κ2) is 40.4. The van der Waals surface area contributed by atoms with Crippen LogP contribution in [0.25, 0.3) is 16.7 Å². The molecule has 6 aliphatic heterocycles. The first kappa shape index (κ1) is 97.4. The molecule has 1 N–H and O–H groups in total. The Bertz CT molecular complexity index is 5070. The van der Waals surface area contributed by atoms with Crippen LogP contribution in [0.3, 0.4) is 0 Å². The number of aromatic hydroxyl groups is 1. The van der Waals surface area contributed by atoms with Gasteiger partial charge in [-0.15, -0.1) is 0 Å². The van der Waals surface area contributed by atoms with Gasteiger partial charge in [0.1, 0.15) is 54.5 Å². The van der Waals surface area contributed by atoms with E-state index >= 15 is 0 Å². The molecule has 0 spiro atoms. The molecule has 0 bridgehead atoms. The minimum absolute atomic E-state index is 0.00373. The number of amides is 6. The molecule has 0 aliphatic carbocycles. The molecule has 0 fully saturated rings. The maximum Gasteiger partial charge on any atom is 0.416 e. The van der Waals surface area contributed by atoms with Crippen molar-refractivity contribution in [3.8, 4) is 17.2 Å². The fraction of sp³-hybridized carbons (Fsp3) is 0.432. The summed E-state index contributed by atoms with van der Waals surface area (Å²) in [6.45, 7) is 49.3. The van der Waals surface area contributed by atoms with Crippen molar-refractivity contribution >= 4 is 140 Å². The van der Waals surface area contributed by atoms with Crippen LogP contribution in [0.4, 0.5) is 44.6 Å². The number of unbranched alkanes of at least 4 members (excludes halogenated alkanes) is 2. The minimum Gasteiger partial charge on any atom is -0.508 e. The molecule has 6 amide bonds. The lowest BCUT2D eigenvalue weighted by Gasteiger charge is -2.44. The van der Waals surface area contributed by atoms with E-state index in [0.29, 0.717) is 72.0 Å². The van der Waals surface area contributed by atoms with Crippen molar-refractivity contribution in [2.24, 2.45) is 0 Å². The van der Waals surface area contributed by atoms with Crippen molar-refractivity contribution < 1.29 is 84.0 Å². The van der Waals surface area contributed by atoms with E-state index in [9.17, 15) is 47.0 Å². The number of alkyl halides is 2. The number of phenols is 1. The van der Waals surface area contributed by atoms with Gasteiger partial charge in [0.15, 0.2) is 43.6 Å². The van der Waals surface area contributed by atoms with Gasteiger partial charge in [-0.25, -0.2) is 42.3 Å². The molecule has 0 saturated carbocycles. The van der Waals surface area contributed by atoms with Gasteiger partial charge in [-0.05, 0) is 229 Å². The number of ether oxygens (including phenoxy) is 5. The molecule has 29 heteroatoms. The van der Waals surface area contributed by atoms with Crippen molar-refractivity contribution in [2.45, 2.75) is 219 Å². The molecule has 0 radical (unpaired) electrons. The topological polar surface area (TPSA) is 216 Å². The highest BCUT2D eigenvalue weighted by Gasteiger charge is 2.55. The van der Waals surface area contributed by atoms with Gasteiger partial charge in [0.25, 0.3) is 17.7 Å². The highest BCUT2D eigenvalue weighted by atomic mass is 127. The van der Waals surface area contributed by atoms with Crippen molar-refractivity contribution in [3.05, 3.63) is 233 Å². The van der Waals surface area contributed by atoms with Gasteiger partial charge < -0.3 is 56.8 Å². The van der Waals surface area contributed by atoms with Crippen LogP contribution in [0.15, 0.2) is 166 Å². The lowest BCUT2D eigenvalue weighted by molar-refractivity contribution is 0.0589. The number of hydrogen-bond donors (Lipinski definition) is 1. The number of carbonyl (C=O) groups is 6. The highest BCUT2D eigenvalue weighted by molar-refractivity contribution is 14.1. The fourth-order valence-electron chi connectivity index (χ4n) is 14.5. The summed E-state index contributed by atoms with van der Waals surface area (Å²) >= 11 is 4.68. The van der Waals surface area contributed by atoms with Crippen LogP contribution in [-0.2, 0) is 27.5 Å². The van der Waals surface area contributed by atoms with Crippen LogP contribution < -0.4 is 24.2 Å². The summed E-state index contributed by atoms with van der Waals surface area (Å²) in [4.78, 5) is 93.5. The molecule has 6 aliphatic rings. The Kier molecular flexibility index (Phi) is 31.7. The van der Waals surface area contributed by atoms with Gasteiger partial charge in [0.05, 0.1) is 65.1 Å². The lowest BCUT2D eigenvalue weighted by Crippen LogP contribution is -2.57. The molecule has 0 aromatic heterocycles. The third kappa shape index (κ3) is 21.9. The van der Waals surface area contributed by atoms with E-state index in [2.05, 4.69) is 167 Å². The Morgan fingerprint density at radius 3 is 1.00 bits per heavy atom. The van der Waals surface area contributed by atoms with E-state index in [0.717, 1.165) is 79.1 Å². The number of hydrogen-bond acceptors (Lipinski definition) is 15. The number of halogens is 5. The number of fused-ring (bicyclic) bond motifs is 6. The van der Waals surface area contributed by atoms with Gasteiger partial charge in [0, 0.05) is 41.2 Å². The molecule has 6 atom stereocenters. The maximum absolute atomic E-state index is 14.4. The summed E-state index contributed by atoms with van der Waals surface area (Å²) in [5.41, 5.74) is 8.99. The molecule has 12 rings (SSSR count). The SMILES string of the molecule is C=CCOC(=O)N1c2cc(O)c(C)cc2C(=O)N2C=C(c3ccc(F)cc3)C[C@H]2[C@@H]1O[Si](C)(C)C(C)(C)C.C=CCOC(=O)N1c2cc(OCCCCCI)c(C)cc2C(=O)N2C=C(c3ccc(F)cc3)C[C@H]2[C@@H]1O[Si](C)(C)C(C)(C)C.C=CCOC(=O)N1c2cc(OCCCI)c(C)cc2C(=O)N2C=C(c3ccc(F)cc3)C[C@H]2[C@@H]1O[Si](C)(C)C(C)(C)C. The molecule has 0 saturated heterocycles. The van der Waals surface area contributed by atoms with E-state index in [4.69, 9.17) is 37.0 Å². The Hall–Kier alpha value is -8.84. The first-order valence-electron chi connectivity index (χ1n) is 41.9. The predicted molar refractivity (Wildman–Crippen MR) is 508 cm³/mol. The number of rotatable bonds is 25. The molecule has 6 aromatic rings. The number of aryl methyl sites for hydroxylation is 3. The lowest BCUT2D eigenvalue weighted by atomic mass is 10.0. The van der Waals surface area contributed by atoms with Crippen LogP contribution in [0.1, 0.15) is 172 Å². The molecular formula is C95H119F3I2N6O15Si3. The third-order valence-electron chi connectivity index (χ3n) is 24.5. The quantitative estimate of drug-likeness (QED) is 0.0141. The number of benzene rings is 6. The van der Waals surface area contributed by atoms with Gasteiger partial charge in [0.2, 0.25) is 0 Å². The zero-order chi connectivity index (χ0) is 91.0. The van der Waals surface area contributed by atoms with Crippen LogP contribution in [0, 0.1) is 38.2 Å². The number of phenolic OH excluding ortho intramolecular Hbond substituents is 1. The maximum atomic E-state index is 14.4. The van der Waals surface area contributed by atoms with Crippen molar-refractivity contribution in [2.75, 3.05) is 56.6 Å². The first-order valence-corrected chi connectivity index (χ1v) is 53.7. The van der Waals surface area contributed by atoms with Gasteiger partial charge in [-0.2, -0.15) is 0 Å². The fourth-order valence-corrected chi connectivity index (χ4v) is 19.0. The van der Waals surface area contributed by atoms with Crippen molar-refractivity contribution in [1.82, 2.24) is 14.7 Å². The summed E-state index contributed by atoms with van der Waals surface area (Å²) in [7, 11) is -7.54. The summed E-state index contributed by atoms with van der Waals surface area (Å²) in [6.07, 6.45) is 10.5. The average molecular weight is 1980 g/mol. The molecule has 6 aromatic carbocycles. The van der Waals surface area contributed by atoms with Gasteiger partial charge >= 0.3 is 18.3 Å². The minimum atomic E-state index is -2.52. The van der Waals surface area contributed by atoms with Gasteiger partial charge in [-0.1, -0.05) is 182 Å². The molecule has 21 nitrogen and oxygen atoms in total. The molecule has 6 heterocycles. The van der Waals surface area contributed by atoms with Crippen molar-refractivity contribution in [1.29, 1.82) is 0 Å². The predicted octanol–water partition coefficient (Wildman–Crippen LogP) is 23.5. The van der Waals surface area contributed by atoms with Crippen LogP contribution >= 0.6 is 45.2 Å². The zero-order valence-electron chi connectivity index (χ0n) is 74.6. The normalized spacial score (nSPS) is 18.8. The van der Waals surface area contributed by atoms with Crippen LogP contribution in [0.2, 0.25) is 54.4 Å². The van der Waals surface area contributed by atoms with Crippen LogP contribution in [0.5, 0.6) is 17.2 Å². The smallest absolute Gasteiger partial charge is 0.416 e. The second-order valence-corrected chi connectivity index (χ2v) is 52.8. The number of carbonyl (C=O) groups excluding carboxylic acids is 6. The highest BCUT2D eigenvalue weighted by Crippen LogP contribution is 2.51. The average Bonchev–Trinajstić information content (AvgIpc) is 1.59. The molecule has 124 heavy (non-hydrogen) atoms. The summed E-state index contributed by atoms with van der Waals surface area (Å²) < 4.78 is 93.3. The summed E-state index contributed by atoms with van der Waals surface area (Å²) in [5, 5.41) is 10.0. The molecule has 666 valence electrons. The Labute approximate surface area is 759 Å².